The lowest BCUT2D eigenvalue weighted by atomic mass is 9.95. The highest BCUT2D eigenvalue weighted by atomic mass is 79.9. The number of rotatable bonds is 2. The van der Waals surface area contributed by atoms with Crippen LogP contribution >= 0.6 is 15.9 Å². The highest BCUT2D eigenvalue weighted by molar-refractivity contribution is 9.10. The Labute approximate surface area is 100 Å². The van der Waals surface area contributed by atoms with Crippen molar-refractivity contribution in [1.82, 2.24) is 0 Å². The highest BCUT2D eigenvalue weighted by Gasteiger charge is 2.47. The second-order valence-corrected chi connectivity index (χ2v) is 4.74. The summed E-state index contributed by atoms with van der Waals surface area (Å²) in [6, 6.07) is 2.65. The summed E-state index contributed by atoms with van der Waals surface area (Å²) in [7, 11) is 0. The molecule has 0 saturated heterocycles. The molecule has 0 N–H and O–H groups in total. The minimum absolute atomic E-state index is 0.155. The number of allylic oxidation sites excluding steroid dienone is 1. The molecule has 0 heterocycles. The summed E-state index contributed by atoms with van der Waals surface area (Å²) < 4.78 is 40.9. The van der Waals surface area contributed by atoms with Crippen molar-refractivity contribution in [1.29, 1.82) is 0 Å². The van der Waals surface area contributed by atoms with Crippen LogP contribution in [0.4, 0.5) is 13.2 Å². The van der Waals surface area contributed by atoms with E-state index in [9.17, 15) is 13.2 Å². The summed E-state index contributed by atoms with van der Waals surface area (Å²) in [5.41, 5.74) is 0.912. The zero-order valence-electron chi connectivity index (χ0n) is 8.44. The van der Waals surface area contributed by atoms with Gasteiger partial charge < -0.3 is 0 Å². The maximum atomic E-state index is 13.7. The molecule has 1 aromatic carbocycles. The summed E-state index contributed by atoms with van der Waals surface area (Å²) >= 11 is 3.05. The average Bonchev–Trinajstić information content (AvgIpc) is 2.46. The third kappa shape index (κ3) is 1.69. The van der Waals surface area contributed by atoms with Crippen molar-refractivity contribution in [3.8, 4) is 0 Å². The van der Waals surface area contributed by atoms with Crippen LogP contribution in [0.3, 0.4) is 0 Å². The molecule has 0 spiro atoms. The van der Waals surface area contributed by atoms with Crippen LogP contribution in [0.5, 0.6) is 0 Å². The van der Waals surface area contributed by atoms with Gasteiger partial charge in [-0.05, 0) is 39.5 Å². The Morgan fingerprint density at radius 2 is 2.19 bits per heavy atom. The van der Waals surface area contributed by atoms with E-state index in [4.69, 9.17) is 0 Å². The Hall–Kier alpha value is -0.770. The predicted octanol–water partition coefficient (Wildman–Crippen LogP) is 4.44. The Kier molecular flexibility index (Phi) is 2.86. The molecule has 0 aliphatic heterocycles. The van der Waals surface area contributed by atoms with Gasteiger partial charge in [0.15, 0.2) is 0 Å². The van der Waals surface area contributed by atoms with Gasteiger partial charge in [-0.2, -0.15) is 0 Å². The van der Waals surface area contributed by atoms with Crippen molar-refractivity contribution in [2.45, 2.75) is 24.7 Å². The van der Waals surface area contributed by atoms with Gasteiger partial charge in [-0.1, -0.05) is 12.1 Å². The molecule has 1 aliphatic carbocycles. The molecule has 0 fully saturated rings. The highest BCUT2D eigenvalue weighted by Crippen LogP contribution is 2.49. The molecular formula is C12H10BrF3. The number of hydrogen-bond donors (Lipinski definition) is 0. The standard InChI is InChI=1S/C12H10BrF3/c1-2-3-8-10-7(6-12(8,15)16)4-5-9(14)11(10)13/h2,4-5,8H,1,3,6H2. The van der Waals surface area contributed by atoms with Crippen LogP contribution in [0.1, 0.15) is 23.5 Å². The van der Waals surface area contributed by atoms with Crippen molar-refractivity contribution in [2.75, 3.05) is 0 Å². The van der Waals surface area contributed by atoms with E-state index in [2.05, 4.69) is 22.5 Å². The Balaban J connectivity index is 2.56. The van der Waals surface area contributed by atoms with Gasteiger partial charge in [0.1, 0.15) is 5.82 Å². The van der Waals surface area contributed by atoms with Crippen LogP contribution in [-0.4, -0.2) is 5.92 Å². The van der Waals surface area contributed by atoms with Gasteiger partial charge in [-0.25, -0.2) is 13.2 Å². The number of benzene rings is 1. The molecule has 0 bridgehead atoms. The monoisotopic (exact) mass is 290 g/mol. The number of fused-ring (bicyclic) bond motifs is 1. The van der Waals surface area contributed by atoms with E-state index < -0.39 is 17.7 Å². The molecule has 0 amide bonds. The van der Waals surface area contributed by atoms with Crippen molar-refractivity contribution in [3.63, 3.8) is 0 Å². The lowest BCUT2D eigenvalue weighted by Gasteiger charge is -2.18. The van der Waals surface area contributed by atoms with Crippen LogP contribution in [0, 0.1) is 5.82 Å². The minimum Gasteiger partial charge on any atom is -0.206 e. The third-order valence-electron chi connectivity index (χ3n) is 2.91. The third-order valence-corrected chi connectivity index (χ3v) is 3.72. The van der Waals surface area contributed by atoms with Crippen molar-refractivity contribution < 1.29 is 13.2 Å². The summed E-state index contributed by atoms with van der Waals surface area (Å²) in [5, 5.41) is 0. The van der Waals surface area contributed by atoms with Gasteiger partial charge in [0.2, 0.25) is 0 Å². The normalized spacial score (nSPS) is 21.9. The summed E-state index contributed by atoms with van der Waals surface area (Å²) in [6.45, 7) is 3.47. The van der Waals surface area contributed by atoms with Crippen molar-refractivity contribution in [3.05, 3.63) is 46.2 Å². The Morgan fingerprint density at radius 3 is 2.81 bits per heavy atom. The average molecular weight is 291 g/mol. The quantitative estimate of drug-likeness (QED) is 0.707. The topological polar surface area (TPSA) is 0 Å². The molecule has 1 atom stereocenters. The fourth-order valence-corrected chi connectivity index (χ4v) is 2.85. The Bertz CT molecular complexity index is 440. The molecule has 1 aliphatic rings. The molecule has 0 nitrogen and oxygen atoms in total. The molecule has 0 aromatic heterocycles. The van der Waals surface area contributed by atoms with Crippen molar-refractivity contribution >= 4 is 15.9 Å². The molecule has 16 heavy (non-hydrogen) atoms. The van der Waals surface area contributed by atoms with Crippen LogP contribution in [0.25, 0.3) is 0 Å². The minimum atomic E-state index is -2.81. The lowest BCUT2D eigenvalue weighted by Crippen LogP contribution is -2.21. The summed E-state index contributed by atoms with van der Waals surface area (Å²) in [6.07, 6.45) is 1.28. The van der Waals surface area contributed by atoms with E-state index >= 15 is 0 Å². The van der Waals surface area contributed by atoms with Crippen molar-refractivity contribution in [2.24, 2.45) is 0 Å². The van der Waals surface area contributed by atoms with Gasteiger partial charge >= 0.3 is 0 Å². The lowest BCUT2D eigenvalue weighted by molar-refractivity contribution is -0.0145. The second kappa shape index (κ2) is 3.91. The molecule has 2 rings (SSSR count). The number of halogens is 4. The van der Waals surface area contributed by atoms with Crippen LogP contribution in [0.2, 0.25) is 0 Å². The molecule has 0 saturated carbocycles. The van der Waals surface area contributed by atoms with Gasteiger partial charge in [0.25, 0.3) is 5.92 Å². The molecule has 1 aromatic rings. The maximum Gasteiger partial charge on any atom is 0.259 e. The molecular weight excluding hydrogens is 281 g/mol. The molecule has 1 unspecified atom stereocenters. The zero-order chi connectivity index (χ0) is 11.9. The van der Waals surface area contributed by atoms with Crippen LogP contribution < -0.4 is 0 Å². The van der Waals surface area contributed by atoms with Crippen LogP contribution in [0.15, 0.2) is 29.3 Å². The molecule has 4 heteroatoms. The van der Waals surface area contributed by atoms with E-state index in [1.54, 1.807) is 0 Å². The summed E-state index contributed by atoms with van der Waals surface area (Å²) in [4.78, 5) is 0. The number of alkyl halides is 2. The smallest absolute Gasteiger partial charge is 0.206 e. The van der Waals surface area contributed by atoms with E-state index in [1.165, 1.54) is 18.2 Å². The van der Waals surface area contributed by atoms with E-state index in [0.29, 0.717) is 11.1 Å². The first-order valence-electron chi connectivity index (χ1n) is 4.93. The SMILES string of the molecule is C=CCC1c2c(ccc(F)c2Br)CC1(F)F. The zero-order valence-corrected chi connectivity index (χ0v) is 10.0. The predicted molar refractivity (Wildman–Crippen MR) is 60.3 cm³/mol. The summed E-state index contributed by atoms with van der Waals surface area (Å²) in [5.74, 6) is -4.28. The Morgan fingerprint density at radius 1 is 1.50 bits per heavy atom. The fraction of sp³-hybridized carbons (Fsp3) is 0.333. The van der Waals surface area contributed by atoms with Crippen LogP contribution in [-0.2, 0) is 6.42 Å². The second-order valence-electron chi connectivity index (χ2n) is 3.95. The van der Waals surface area contributed by atoms with E-state index in [-0.39, 0.29) is 17.3 Å². The first-order chi connectivity index (χ1) is 7.47. The maximum absolute atomic E-state index is 13.7. The first kappa shape index (κ1) is 11.7. The van der Waals surface area contributed by atoms with E-state index in [0.717, 1.165) is 0 Å². The van der Waals surface area contributed by atoms with Gasteiger partial charge in [-0.15, -0.1) is 6.58 Å². The largest absolute Gasteiger partial charge is 0.259 e. The van der Waals surface area contributed by atoms with E-state index in [1.807, 2.05) is 0 Å². The number of hydrogen-bond acceptors (Lipinski definition) is 0. The molecule has 86 valence electrons. The first-order valence-corrected chi connectivity index (χ1v) is 5.72. The van der Waals surface area contributed by atoms with Gasteiger partial charge in [0.05, 0.1) is 10.4 Å². The fourth-order valence-electron chi connectivity index (χ4n) is 2.18. The molecule has 0 radical (unpaired) electrons. The van der Waals surface area contributed by atoms with Gasteiger partial charge in [0, 0.05) is 6.42 Å². The van der Waals surface area contributed by atoms with Gasteiger partial charge in [-0.3, -0.25) is 0 Å².